The molecule has 1 aliphatic rings. The summed E-state index contributed by atoms with van der Waals surface area (Å²) >= 11 is 4.99. The van der Waals surface area contributed by atoms with Crippen LogP contribution in [0.4, 0.5) is 0 Å². The van der Waals surface area contributed by atoms with Gasteiger partial charge in [-0.05, 0) is 36.8 Å². The first-order valence-corrected chi connectivity index (χ1v) is 8.87. The van der Waals surface area contributed by atoms with Crippen molar-refractivity contribution in [2.24, 2.45) is 12.1 Å². The quantitative estimate of drug-likeness (QED) is 0.783. The summed E-state index contributed by atoms with van der Waals surface area (Å²) in [6, 6.07) is 7.00. The average Bonchev–Trinajstić information content (AvgIpc) is 3.06. The van der Waals surface area contributed by atoms with Crippen LogP contribution >= 0.6 is 12.2 Å². The first kappa shape index (κ1) is 18.8. The summed E-state index contributed by atoms with van der Waals surface area (Å²) in [7, 11) is 1.54. The van der Waals surface area contributed by atoms with Crippen molar-refractivity contribution in [3.63, 3.8) is 0 Å². The summed E-state index contributed by atoms with van der Waals surface area (Å²) < 4.78 is 6.84. The van der Waals surface area contributed by atoms with E-state index in [1.54, 1.807) is 7.05 Å². The van der Waals surface area contributed by atoms with E-state index in [0.29, 0.717) is 18.7 Å². The molecule has 0 spiro atoms. The minimum absolute atomic E-state index is 0.0192. The molecule has 1 atom stereocenters. The Labute approximate surface area is 160 Å². The van der Waals surface area contributed by atoms with Crippen LogP contribution in [0.25, 0.3) is 0 Å². The van der Waals surface area contributed by atoms with Crippen LogP contribution < -0.4 is 10.3 Å². The molecule has 1 aromatic carbocycles. The largest absolute Gasteiger partial charge is 0.494 e. The van der Waals surface area contributed by atoms with Gasteiger partial charge in [0.1, 0.15) is 11.3 Å². The number of carbonyl (C=O) groups is 1. The number of hydrogen-bond donors (Lipinski definition) is 2. The third kappa shape index (κ3) is 3.50. The van der Waals surface area contributed by atoms with Gasteiger partial charge in [-0.25, -0.2) is 5.01 Å². The van der Waals surface area contributed by atoms with Gasteiger partial charge in [-0.1, -0.05) is 12.1 Å². The number of hydrogen-bond acceptors (Lipinski definition) is 6. The molecular weight excluding hydrogens is 368 g/mol. The second kappa shape index (κ2) is 7.36. The number of H-pyrrole nitrogens is 1. The molecule has 0 unspecified atom stereocenters. The molecule has 0 saturated heterocycles. The lowest BCUT2D eigenvalue weighted by Gasteiger charge is -2.20. The highest BCUT2D eigenvalue weighted by atomic mass is 32.1. The van der Waals surface area contributed by atoms with E-state index < -0.39 is 5.56 Å². The molecule has 27 heavy (non-hydrogen) atoms. The lowest BCUT2D eigenvalue weighted by molar-refractivity contribution is -0.130. The molecule has 2 N–H and O–H groups in total. The van der Waals surface area contributed by atoms with Gasteiger partial charge in [-0.2, -0.15) is 5.10 Å². The summed E-state index contributed by atoms with van der Waals surface area (Å²) in [6.45, 7) is 3.87. The topological polar surface area (TPSA) is 99.9 Å². The molecule has 2 heterocycles. The zero-order valence-corrected chi connectivity index (χ0v) is 16.0. The molecule has 0 fully saturated rings. The van der Waals surface area contributed by atoms with Crippen LogP contribution in [0, 0.1) is 4.77 Å². The molecule has 0 aliphatic carbocycles. The SMILES string of the molecule is CCOc1ccc([C@@H]2CC(c3c(O)n(C)c(=S)[nH]c3=O)=NN2C(C)=O)cc1. The predicted octanol–water partition coefficient (Wildman–Crippen LogP) is 2.24. The number of aromatic hydroxyl groups is 1. The summed E-state index contributed by atoms with van der Waals surface area (Å²) in [5, 5.41) is 16.0. The Balaban J connectivity index is 2.01. The third-order valence-corrected chi connectivity index (χ3v) is 4.77. The van der Waals surface area contributed by atoms with E-state index in [9.17, 15) is 14.7 Å². The molecule has 142 valence electrons. The number of aromatic amines is 1. The average molecular weight is 388 g/mol. The van der Waals surface area contributed by atoms with Gasteiger partial charge in [0.15, 0.2) is 4.77 Å². The minimum Gasteiger partial charge on any atom is -0.494 e. The number of carbonyl (C=O) groups excluding carboxylic acids is 1. The molecule has 3 rings (SSSR count). The molecule has 9 heteroatoms. The number of nitrogens with zero attached hydrogens (tertiary/aromatic N) is 3. The van der Waals surface area contributed by atoms with Crippen molar-refractivity contribution >= 4 is 23.8 Å². The molecule has 1 aromatic heterocycles. The van der Waals surface area contributed by atoms with E-state index in [-0.39, 0.29) is 28.2 Å². The van der Waals surface area contributed by atoms with Gasteiger partial charge in [0.05, 0.1) is 18.4 Å². The predicted molar refractivity (Wildman–Crippen MR) is 103 cm³/mol. The van der Waals surface area contributed by atoms with Crippen LogP contribution in [0.2, 0.25) is 0 Å². The van der Waals surface area contributed by atoms with Crippen LogP contribution in [0.3, 0.4) is 0 Å². The maximum atomic E-state index is 12.3. The van der Waals surface area contributed by atoms with Crippen molar-refractivity contribution in [2.45, 2.75) is 26.3 Å². The Morgan fingerprint density at radius 1 is 1.41 bits per heavy atom. The minimum atomic E-state index is -0.537. The van der Waals surface area contributed by atoms with Crippen molar-refractivity contribution in [3.8, 4) is 11.6 Å². The van der Waals surface area contributed by atoms with Crippen molar-refractivity contribution in [1.82, 2.24) is 14.6 Å². The Bertz CT molecular complexity index is 1020. The molecule has 1 amide bonds. The Hall–Kier alpha value is -2.94. The normalized spacial score (nSPS) is 16.3. The van der Waals surface area contributed by atoms with Gasteiger partial charge < -0.3 is 9.84 Å². The Kier molecular flexibility index (Phi) is 5.13. The van der Waals surface area contributed by atoms with Gasteiger partial charge in [-0.15, -0.1) is 0 Å². The van der Waals surface area contributed by atoms with E-state index in [1.807, 2.05) is 31.2 Å². The maximum Gasteiger partial charge on any atom is 0.264 e. The fourth-order valence-corrected chi connectivity index (χ4v) is 3.21. The summed E-state index contributed by atoms with van der Waals surface area (Å²) in [5.41, 5.74) is 0.664. The number of aromatic nitrogens is 2. The van der Waals surface area contributed by atoms with E-state index in [2.05, 4.69) is 10.1 Å². The monoisotopic (exact) mass is 388 g/mol. The highest BCUT2D eigenvalue weighted by molar-refractivity contribution is 7.71. The first-order valence-electron chi connectivity index (χ1n) is 8.46. The van der Waals surface area contributed by atoms with Gasteiger partial charge in [0.2, 0.25) is 11.8 Å². The highest BCUT2D eigenvalue weighted by Gasteiger charge is 2.34. The van der Waals surface area contributed by atoms with Crippen molar-refractivity contribution in [1.29, 1.82) is 0 Å². The van der Waals surface area contributed by atoms with Crippen molar-refractivity contribution in [2.75, 3.05) is 6.61 Å². The molecule has 0 saturated carbocycles. The zero-order chi connectivity index (χ0) is 19.7. The van der Waals surface area contributed by atoms with Gasteiger partial charge in [-0.3, -0.25) is 19.1 Å². The van der Waals surface area contributed by atoms with Crippen LogP contribution in [0.5, 0.6) is 11.6 Å². The van der Waals surface area contributed by atoms with Crippen LogP contribution in [-0.4, -0.2) is 37.9 Å². The maximum absolute atomic E-state index is 12.3. The van der Waals surface area contributed by atoms with Crippen molar-refractivity contribution in [3.05, 3.63) is 50.5 Å². The second-order valence-corrected chi connectivity index (χ2v) is 6.54. The molecule has 8 nitrogen and oxygen atoms in total. The zero-order valence-electron chi connectivity index (χ0n) is 15.2. The molecule has 0 bridgehead atoms. The van der Waals surface area contributed by atoms with Crippen LogP contribution in [-0.2, 0) is 11.8 Å². The van der Waals surface area contributed by atoms with Crippen molar-refractivity contribution < 1.29 is 14.6 Å². The Morgan fingerprint density at radius 2 is 2.07 bits per heavy atom. The van der Waals surface area contributed by atoms with Gasteiger partial charge >= 0.3 is 0 Å². The van der Waals surface area contributed by atoms with Crippen LogP contribution in [0.15, 0.2) is 34.2 Å². The van der Waals surface area contributed by atoms with E-state index in [0.717, 1.165) is 11.3 Å². The number of amides is 1. The highest BCUT2D eigenvalue weighted by Crippen LogP contribution is 2.34. The smallest absolute Gasteiger partial charge is 0.264 e. The third-order valence-electron chi connectivity index (χ3n) is 4.39. The number of nitrogens with one attached hydrogen (secondary N) is 1. The van der Waals surface area contributed by atoms with Gasteiger partial charge in [0.25, 0.3) is 5.56 Å². The second-order valence-electron chi connectivity index (χ2n) is 6.15. The molecule has 1 aliphatic heterocycles. The summed E-state index contributed by atoms with van der Waals surface area (Å²) in [5.74, 6) is 0.194. The molecule has 0 radical (unpaired) electrons. The number of hydrazone groups is 1. The summed E-state index contributed by atoms with van der Waals surface area (Å²) in [4.78, 5) is 26.9. The fourth-order valence-electron chi connectivity index (χ4n) is 3.03. The lowest BCUT2D eigenvalue weighted by atomic mass is 9.99. The first-order chi connectivity index (χ1) is 12.8. The number of ether oxygens (including phenoxy) is 1. The molecular formula is C18H20N4O4S. The lowest BCUT2D eigenvalue weighted by Crippen LogP contribution is -2.24. The van der Waals surface area contributed by atoms with Crippen LogP contribution in [0.1, 0.15) is 37.4 Å². The van der Waals surface area contributed by atoms with E-state index >= 15 is 0 Å². The standard InChI is InChI=1S/C18H20N4O4S/c1-4-26-12-7-5-11(6-8-12)14-9-13(20-22(14)10(2)23)15-16(24)19-18(27)21(3)17(15)25/h5-8,14,25H,4,9H2,1-3H3,(H,19,24,27)/t14-/m0/s1. The van der Waals surface area contributed by atoms with Gasteiger partial charge in [0, 0.05) is 20.4 Å². The number of benzene rings is 1. The molecule has 2 aromatic rings. The summed E-state index contributed by atoms with van der Waals surface area (Å²) in [6.07, 6.45) is 0.293. The van der Waals surface area contributed by atoms with E-state index in [1.165, 1.54) is 16.5 Å². The Morgan fingerprint density at radius 3 is 2.67 bits per heavy atom. The number of rotatable bonds is 4. The van der Waals surface area contributed by atoms with E-state index in [4.69, 9.17) is 17.0 Å². The fraction of sp³-hybridized carbons (Fsp3) is 0.333.